The van der Waals surface area contributed by atoms with Gasteiger partial charge in [0.15, 0.2) is 11.0 Å². The zero-order chi connectivity index (χ0) is 22.3. The van der Waals surface area contributed by atoms with Gasteiger partial charge >= 0.3 is 0 Å². The first-order chi connectivity index (χ1) is 15.6. The van der Waals surface area contributed by atoms with Gasteiger partial charge in [-0.05, 0) is 56.2 Å². The average molecular weight is 469 g/mol. The molecule has 7 nitrogen and oxygen atoms in total. The van der Waals surface area contributed by atoms with Gasteiger partial charge in [-0.25, -0.2) is 5.43 Å². The molecule has 0 radical (unpaired) electrons. The number of hydrogen-bond donors (Lipinski definition) is 1. The van der Waals surface area contributed by atoms with Crippen molar-refractivity contribution in [2.45, 2.75) is 50.2 Å². The Hall–Kier alpha value is -2.71. The second-order valence-electron chi connectivity index (χ2n) is 7.73. The molecule has 4 rings (SSSR count). The maximum Gasteiger partial charge on any atom is 0.250 e. The van der Waals surface area contributed by atoms with Crippen molar-refractivity contribution in [2.24, 2.45) is 5.10 Å². The maximum atomic E-state index is 12.4. The van der Waals surface area contributed by atoms with Crippen LogP contribution in [0.25, 0.3) is 11.4 Å². The van der Waals surface area contributed by atoms with Crippen LogP contribution in [-0.4, -0.2) is 37.1 Å². The number of carbonyl (C=O) groups excluding carboxylic acids is 1. The van der Waals surface area contributed by atoms with Gasteiger partial charge in [-0.2, -0.15) is 5.10 Å². The summed E-state index contributed by atoms with van der Waals surface area (Å²) in [5.41, 5.74) is 5.24. The van der Waals surface area contributed by atoms with E-state index in [9.17, 15) is 4.79 Å². The Balaban J connectivity index is 1.48. The highest BCUT2D eigenvalue weighted by Gasteiger charge is 2.24. The summed E-state index contributed by atoms with van der Waals surface area (Å²) in [6.45, 7) is 1.85. The van der Waals surface area contributed by atoms with Crippen molar-refractivity contribution < 1.29 is 4.79 Å². The molecule has 0 bridgehead atoms. The van der Waals surface area contributed by atoms with E-state index < -0.39 is 0 Å². The Morgan fingerprint density at radius 3 is 2.56 bits per heavy atom. The predicted molar refractivity (Wildman–Crippen MR) is 128 cm³/mol. The molecule has 2 aromatic heterocycles. The molecule has 0 spiro atoms. The second kappa shape index (κ2) is 10.7. The van der Waals surface area contributed by atoms with Gasteiger partial charge in [0.1, 0.15) is 0 Å². The maximum absolute atomic E-state index is 12.4. The molecular formula is C23H25ClN6OS. The lowest BCUT2D eigenvalue weighted by atomic mass is 9.95. The number of nitrogens with zero attached hydrogens (tertiary/aromatic N) is 5. The van der Waals surface area contributed by atoms with Crippen LogP contribution >= 0.6 is 23.4 Å². The van der Waals surface area contributed by atoms with E-state index in [1.54, 1.807) is 12.4 Å². The highest BCUT2D eigenvalue weighted by Crippen LogP contribution is 2.35. The molecule has 0 aliphatic heterocycles. The normalized spacial score (nSPS) is 15.0. The largest absolute Gasteiger partial charge is 0.299 e. The standard InChI is InChI=1S/C23H25ClN6OS/c1-16(17-11-13-25-14-12-17)26-27-21(31)15-32-23-29-28-22(18-7-9-19(24)10-8-18)30(23)20-5-3-2-4-6-20/h7-14,20H,2-6,15H2,1H3,(H,27,31)/b26-16+. The number of rotatable bonds is 7. The number of hydrazone groups is 1. The minimum atomic E-state index is -0.186. The lowest BCUT2D eigenvalue weighted by molar-refractivity contribution is -0.118. The van der Waals surface area contributed by atoms with Gasteiger partial charge in [0.25, 0.3) is 5.91 Å². The molecule has 1 aromatic carbocycles. The summed E-state index contributed by atoms with van der Waals surface area (Å²) < 4.78 is 2.20. The number of halogens is 1. The fraction of sp³-hybridized carbons (Fsp3) is 0.348. The summed E-state index contributed by atoms with van der Waals surface area (Å²) in [4.78, 5) is 16.4. The topological polar surface area (TPSA) is 85.1 Å². The molecule has 1 amide bonds. The van der Waals surface area contributed by atoms with Crippen molar-refractivity contribution in [2.75, 3.05) is 5.75 Å². The first-order valence-electron chi connectivity index (χ1n) is 10.7. The van der Waals surface area contributed by atoms with E-state index in [0.717, 1.165) is 40.7 Å². The SMILES string of the molecule is C/C(=N\NC(=O)CSc1nnc(-c2ccc(Cl)cc2)n1C1CCCCC1)c1ccncc1. The molecule has 32 heavy (non-hydrogen) atoms. The molecule has 1 aliphatic carbocycles. The Labute approximate surface area is 196 Å². The van der Waals surface area contributed by atoms with Crippen LogP contribution in [0.5, 0.6) is 0 Å². The first kappa shape index (κ1) is 22.5. The van der Waals surface area contributed by atoms with Gasteiger partial charge in [0, 0.05) is 34.6 Å². The van der Waals surface area contributed by atoms with Crippen LogP contribution in [0.4, 0.5) is 0 Å². The number of pyridine rings is 1. The van der Waals surface area contributed by atoms with E-state index in [0.29, 0.717) is 11.1 Å². The lowest BCUT2D eigenvalue weighted by Gasteiger charge is -2.25. The van der Waals surface area contributed by atoms with Crippen LogP contribution in [0.3, 0.4) is 0 Å². The van der Waals surface area contributed by atoms with Crippen molar-refractivity contribution in [3.05, 3.63) is 59.4 Å². The Bertz CT molecular complexity index is 1080. The lowest BCUT2D eigenvalue weighted by Crippen LogP contribution is -2.22. The third kappa shape index (κ3) is 5.55. The number of thioether (sulfide) groups is 1. The van der Waals surface area contributed by atoms with Gasteiger partial charge in [-0.3, -0.25) is 14.3 Å². The van der Waals surface area contributed by atoms with Crippen LogP contribution in [-0.2, 0) is 4.79 Å². The molecular weight excluding hydrogens is 444 g/mol. The van der Waals surface area contributed by atoms with E-state index in [2.05, 4.69) is 30.3 Å². The van der Waals surface area contributed by atoms with Crippen molar-refractivity contribution in [1.82, 2.24) is 25.2 Å². The molecule has 2 heterocycles. The summed E-state index contributed by atoms with van der Waals surface area (Å²) in [6, 6.07) is 11.7. The molecule has 1 aliphatic rings. The van der Waals surface area contributed by atoms with Crippen LogP contribution < -0.4 is 5.43 Å². The number of amides is 1. The molecule has 0 saturated heterocycles. The predicted octanol–water partition coefficient (Wildman–Crippen LogP) is 5.13. The molecule has 9 heteroatoms. The Morgan fingerprint density at radius 2 is 1.84 bits per heavy atom. The number of benzene rings is 1. The van der Waals surface area contributed by atoms with Crippen molar-refractivity contribution >= 4 is 35.0 Å². The van der Waals surface area contributed by atoms with E-state index in [1.807, 2.05) is 43.3 Å². The molecule has 0 unspecified atom stereocenters. The van der Waals surface area contributed by atoms with Gasteiger partial charge in [-0.1, -0.05) is 42.6 Å². The summed E-state index contributed by atoms with van der Waals surface area (Å²) in [5, 5.41) is 14.5. The van der Waals surface area contributed by atoms with Crippen LogP contribution in [0.1, 0.15) is 50.6 Å². The number of carbonyl (C=O) groups is 1. The summed E-state index contributed by atoms with van der Waals surface area (Å²) in [5.74, 6) is 0.844. The average Bonchev–Trinajstić information content (AvgIpc) is 3.26. The second-order valence-corrected chi connectivity index (χ2v) is 9.11. The molecule has 3 aromatic rings. The van der Waals surface area contributed by atoms with E-state index in [4.69, 9.17) is 11.6 Å². The molecule has 0 atom stereocenters. The highest BCUT2D eigenvalue weighted by atomic mass is 35.5. The van der Waals surface area contributed by atoms with Crippen LogP contribution in [0.2, 0.25) is 5.02 Å². The fourth-order valence-electron chi connectivity index (χ4n) is 3.81. The first-order valence-corrected chi connectivity index (χ1v) is 12.1. The summed E-state index contributed by atoms with van der Waals surface area (Å²) >= 11 is 7.45. The summed E-state index contributed by atoms with van der Waals surface area (Å²) in [7, 11) is 0. The van der Waals surface area contributed by atoms with E-state index in [1.165, 1.54) is 31.0 Å². The third-order valence-corrected chi connectivity index (χ3v) is 6.68. The molecule has 1 fully saturated rings. The fourth-order valence-corrected chi connectivity index (χ4v) is 4.73. The van der Waals surface area contributed by atoms with Crippen molar-refractivity contribution in [3.63, 3.8) is 0 Å². The van der Waals surface area contributed by atoms with Gasteiger partial charge < -0.3 is 0 Å². The van der Waals surface area contributed by atoms with E-state index in [-0.39, 0.29) is 11.7 Å². The van der Waals surface area contributed by atoms with Gasteiger partial charge in [0.2, 0.25) is 0 Å². The highest BCUT2D eigenvalue weighted by molar-refractivity contribution is 7.99. The molecule has 1 N–H and O–H groups in total. The smallest absolute Gasteiger partial charge is 0.250 e. The number of nitrogens with one attached hydrogen (secondary N) is 1. The molecule has 1 saturated carbocycles. The van der Waals surface area contributed by atoms with E-state index >= 15 is 0 Å². The Morgan fingerprint density at radius 1 is 1.12 bits per heavy atom. The minimum absolute atomic E-state index is 0.186. The van der Waals surface area contributed by atoms with Crippen LogP contribution in [0.15, 0.2) is 59.0 Å². The quantitative estimate of drug-likeness (QED) is 0.295. The third-order valence-electron chi connectivity index (χ3n) is 5.49. The van der Waals surface area contributed by atoms with Gasteiger partial charge in [0.05, 0.1) is 11.5 Å². The Kier molecular flexibility index (Phi) is 7.55. The number of aromatic nitrogens is 4. The minimum Gasteiger partial charge on any atom is -0.299 e. The van der Waals surface area contributed by atoms with Crippen molar-refractivity contribution in [3.8, 4) is 11.4 Å². The van der Waals surface area contributed by atoms with Gasteiger partial charge in [-0.15, -0.1) is 10.2 Å². The monoisotopic (exact) mass is 468 g/mol. The van der Waals surface area contributed by atoms with Crippen LogP contribution in [0, 0.1) is 0 Å². The zero-order valence-corrected chi connectivity index (χ0v) is 19.4. The number of hydrogen-bond acceptors (Lipinski definition) is 6. The molecule has 166 valence electrons. The summed E-state index contributed by atoms with van der Waals surface area (Å²) in [6.07, 6.45) is 9.22. The zero-order valence-electron chi connectivity index (χ0n) is 17.9. The van der Waals surface area contributed by atoms with Crippen molar-refractivity contribution in [1.29, 1.82) is 0 Å².